The number of nitrogens with zero attached hydrogens (tertiary/aromatic N) is 4. The van der Waals surface area contributed by atoms with Gasteiger partial charge in [-0.2, -0.15) is 0 Å². The second kappa shape index (κ2) is 9.23. The van der Waals surface area contributed by atoms with Crippen molar-refractivity contribution in [3.63, 3.8) is 0 Å². The SMILES string of the molecule is CC(C)(C)OC(=O)N1CCN2C(NCc3ncc(-c4ccccc4)[nH]3)=NCC2C1.I. The molecule has 1 amide bonds. The van der Waals surface area contributed by atoms with E-state index in [1.165, 1.54) is 0 Å². The van der Waals surface area contributed by atoms with E-state index in [4.69, 9.17) is 4.74 Å². The van der Waals surface area contributed by atoms with E-state index in [2.05, 4.69) is 37.3 Å². The highest BCUT2D eigenvalue weighted by molar-refractivity contribution is 14.0. The Balaban J connectivity index is 0.00000256. The number of imidazole rings is 1. The highest BCUT2D eigenvalue weighted by atomic mass is 127. The van der Waals surface area contributed by atoms with Gasteiger partial charge in [-0.15, -0.1) is 24.0 Å². The molecule has 1 saturated heterocycles. The molecule has 2 aliphatic rings. The zero-order chi connectivity index (χ0) is 20.4. The van der Waals surface area contributed by atoms with E-state index in [-0.39, 0.29) is 36.1 Å². The Bertz CT molecular complexity index is 892. The van der Waals surface area contributed by atoms with Crippen molar-refractivity contribution < 1.29 is 9.53 Å². The monoisotopic (exact) mass is 524 g/mol. The fourth-order valence-electron chi connectivity index (χ4n) is 3.60. The zero-order valence-electron chi connectivity index (χ0n) is 17.6. The largest absolute Gasteiger partial charge is 0.444 e. The minimum atomic E-state index is -0.477. The smallest absolute Gasteiger partial charge is 0.410 e. The molecule has 0 spiro atoms. The molecule has 0 radical (unpaired) electrons. The number of H-pyrrole nitrogens is 1. The van der Waals surface area contributed by atoms with Crippen LogP contribution in [0.3, 0.4) is 0 Å². The Morgan fingerprint density at radius 3 is 2.77 bits per heavy atom. The molecule has 1 aromatic heterocycles. The van der Waals surface area contributed by atoms with Crippen LogP contribution in [0.4, 0.5) is 4.79 Å². The van der Waals surface area contributed by atoms with Crippen molar-refractivity contribution in [1.82, 2.24) is 25.1 Å². The first-order valence-corrected chi connectivity index (χ1v) is 10.0. The van der Waals surface area contributed by atoms with E-state index >= 15 is 0 Å². The number of carbonyl (C=O) groups excluding carboxylic acids is 1. The predicted molar refractivity (Wildman–Crippen MR) is 127 cm³/mol. The van der Waals surface area contributed by atoms with Crippen LogP contribution in [0.2, 0.25) is 0 Å². The number of amides is 1. The molecule has 2 aromatic rings. The van der Waals surface area contributed by atoms with Crippen molar-refractivity contribution in [1.29, 1.82) is 0 Å². The molecule has 0 aliphatic carbocycles. The van der Waals surface area contributed by atoms with Gasteiger partial charge < -0.3 is 24.8 Å². The maximum absolute atomic E-state index is 12.3. The first-order chi connectivity index (χ1) is 13.9. The van der Waals surface area contributed by atoms with Crippen LogP contribution in [0, 0.1) is 0 Å². The lowest BCUT2D eigenvalue weighted by atomic mass is 10.2. The Kier molecular flexibility index (Phi) is 6.89. The molecule has 0 bridgehead atoms. The van der Waals surface area contributed by atoms with Crippen LogP contribution in [0.1, 0.15) is 26.6 Å². The van der Waals surface area contributed by atoms with Crippen molar-refractivity contribution in [3.05, 3.63) is 42.4 Å². The van der Waals surface area contributed by atoms with Gasteiger partial charge in [-0.25, -0.2) is 9.78 Å². The van der Waals surface area contributed by atoms with Crippen LogP contribution in [0.5, 0.6) is 0 Å². The minimum Gasteiger partial charge on any atom is -0.444 e. The van der Waals surface area contributed by atoms with Crippen LogP contribution < -0.4 is 5.32 Å². The summed E-state index contributed by atoms with van der Waals surface area (Å²) in [7, 11) is 0. The number of ether oxygens (including phenoxy) is 1. The Morgan fingerprint density at radius 1 is 1.27 bits per heavy atom. The minimum absolute atomic E-state index is 0. The second-order valence-corrected chi connectivity index (χ2v) is 8.40. The third kappa shape index (κ3) is 5.24. The predicted octanol–water partition coefficient (Wildman–Crippen LogP) is 3.08. The van der Waals surface area contributed by atoms with Crippen molar-refractivity contribution in [2.75, 3.05) is 26.2 Å². The summed E-state index contributed by atoms with van der Waals surface area (Å²) in [5.41, 5.74) is 1.64. The second-order valence-electron chi connectivity index (χ2n) is 8.40. The molecule has 3 heterocycles. The van der Waals surface area contributed by atoms with Crippen LogP contribution in [0.15, 0.2) is 41.5 Å². The summed E-state index contributed by atoms with van der Waals surface area (Å²) in [6, 6.07) is 10.3. The maximum atomic E-state index is 12.3. The quantitative estimate of drug-likeness (QED) is 0.603. The number of rotatable bonds is 3. The maximum Gasteiger partial charge on any atom is 0.410 e. The fraction of sp³-hybridized carbons (Fsp3) is 0.476. The van der Waals surface area contributed by atoms with E-state index in [1.807, 2.05) is 45.2 Å². The van der Waals surface area contributed by atoms with Gasteiger partial charge in [0.15, 0.2) is 5.96 Å². The number of hydrogen-bond acceptors (Lipinski definition) is 6. The number of benzene rings is 1. The average Bonchev–Trinajstić information content (AvgIpc) is 3.32. The van der Waals surface area contributed by atoms with Crippen LogP contribution >= 0.6 is 24.0 Å². The lowest BCUT2D eigenvalue weighted by molar-refractivity contribution is 0.0137. The Labute approximate surface area is 194 Å². The number of fused-ring (bicyclic) bond motifs is 1. The van der Waals surface area contributed by atoms with E-state index in [9.17, 15) is 4.79 Å². The number of halogens is 1. The van der Waals surface area contributed by atoms with Crippen molar-refractivity contribution in [2.45, 2.75) is 39.0 Å². The topological polar surface area (TPSA) is 85.9 Å². The molecular weight excluding hydrogens is 495 g/mol. The van der Waals surface area contributed by atoms with Crippen LogP contribution in [-0.4, -0.2) is 69.6 Å². The molecule has 1 aromatic carbocycles. The third-order valence-electron chi connectivity index (χ3n) is 4.99. The number of nitrogens with one attached hydrogen (secondary N) is 2. The molecule has 8 nitrogen and oxygen atoms in total. The number of aromatic amines is 1. The summed E-state index contributed by atoms with van der Waals surface area (Å²) in [6.45, 7) is 8.91. The van der Waals surface area contributed by atoms with Gasteiger partial charge in [0.1, 0.15) is 11.4 Å². The molecule has 30 heavy (non-hydrogen) atoms. The molecule has 1 unspecified atom stereocenters. The van der Waals surface area contributed by atoms with E-state index < -0.39 is 5.60 Å². The van der Waals surface area contributed by atoms with Crippen LogP contribution in [-0.2, 0) is 11.3 Å². The highest BCUT2D eigenvalue weighted by Crippen LogP contribution is 2.19. The normalized spacial score (nSPS) is 18.4. The summed E-state index contributed by atoms with van der Waals surface area (Å²) >= 11 is 0. The number of aliphatic imine (C=N–C) groups is 1. The molecule has 162 valence electrons. The van der Waals surface area contributed by atoms with E-state index in [1.54, 1.807) is 4.90 Å². The Hall–Kier alpha value is -2.30. The fourth-order valence-corrected chi connectivity index (χ4v) is 3.60. The van der Waals surface area contributed by atoms with Crippen molar-refractivity contribution in [3.8, 4) is 11.3 Å². The van der Waals surface area contributed by atoms with Crippen LogP contribution in [0.25, 0.3) is 11.3 Å². The molecule has 2 N–H and O–H groups in total. The molecular formula is C21H29IN6O2. The Morgan fingerprint density at radius 2 is 2.03 bits per heavy atom. The van der Waals surface area contributed by atoms with E-state index in [0.717, 1.165) is 29.6 Å². The number of guanidine groups is 1. The van der Waals surface area contributed by atoms with Gasteiger partial charge in [-0.3, -0.25) is 4.99 Å². The molecule has 9 heteroatoms. The van der Waals surface area contributed by atoms with Gasteiger partial charge in [-0.1, -0.05) is 30.3 Å². The molecule has 1 fully saturated rings. The standard InChI is InChI=1S/C21H28N6O2.HI/c1-21(2,3)29-20(28)26-9-10-27-16(14-26)11-23-19(27)24-13-18-22-12-17(25-18)15-7-5-4-6-8-15;/h4-8,12,16H,9-11,13-14H2,1-3H3,(H,22,25)(H,23,24);1H. The van der Waals surface area contributed by atoms with Gasteiger partial charge in [0.25, 0.3) is 0 Å². The summed E-state index contributed by atoms with van der Waals surface area (Å²) in [4.78, 5) is 28.8. The summed E-state index contributed by atoms with van der Waals surface area (Å²) in [6.07, 6.45) is 1.60. The number of carbonyl (C=O) groups is 1. The third-order valence-corrected chi connectivity index (χ3v) is 4.99. The van der Waals surface area contributed by atoms with Gasteiger partial charge in [0.2, 0.25) is 0 Å². The summed E-state index contributed by atoms with van der Waals surface area (Å²) in [5, 5.41) is 3.39. The van der Waals surface area contributed by atoms with Crippen molar-refractivity contribution in [2.24, 2.45) is 4.99 Å². The lowest BCUT2D eigenvalue weighted by Crippen LogP contribution is -2.57. The molecule has 4 rings (SSSR count). The molecule has 0 saturated carbocycles. The van der Waals surface area contributed by atoms with Gasteiger partial charge in [0.05, 0.1) is 31.0 Å². The zero-order valence-corrected chi connectivity index (χ0v) is 19.9. The highest BCUT2D eigenvalue weighted by Gasteiger charge is 2.36. The summed E-state index contributed by atoms with van der Waals surface area (Å²) < 4.78 is 5.50. The number of hydrogen-bond donors (Lipinski definition) is 2. The average molecular weight is 524 g/mol. The molecule has 2 aliphatic heterocycles. The van der Waals surface area contributed by atoms with Crippen molar-refractivity contribution >= 4 is 36.0 Å². The first-order valence-electron chi connectivity index (χ1n) is 10.0. The number of aromatic nitrogens is 2. The van der Waals surface area contributed by atoms with Gasteiger partial charge >= 0.3 is 6.09 Å². The first kappa shape index (κ1) is 22.4. The van der Waals surface area contributed by atoms with Gasteiger partial charge in [0, 0.05) is 19.6 Å². The lowest BCUT2D eigenvalue weighted by Gasteiger charge is -2.39. The number of piperazine rings is 1. The van der Waals surface area contributed by atoms with Gasteiger partial charge in [-0.05, 0) is 26.3 Å². The summed E-state index contributed by atoms with van der Waals surface area (Å²) in [5.74, 6) is 1.74. The molecule has 1 atom stereocenters. The van der Waals surface area contributed by atoms with E-state index in [0.29, 0.717) is 26.2 Å².